The van der Waals surface area contributed by atoms with Crippen LogP contribution in [0.25, 0.3) is 0 Å². The largest absolute Gasteiger partial charge is 0.371 e. The zero-order valence-corrected chi connectivity index (χ0v) is 17.7. The maximum atomic E-state index is 12.8. The fraction of sp³-hybridized carbons (Fsp3) is 0.611. The van der Waals surface area contributed by atoms with E-state index in [0.29, 0.717) is 38.2 Å². The number of carbonyl (C=O) groups excluding carboxylic acids is 1. The van der Waals surface area contributed by atoms with Gasteiger partial charge in [-0.1, -0.05) is 13.8 Å². The number of nitrogens with one attached hydrogen (secondary N) is 1. The number of amides is 1. The molecule has 154 valence electrons. The minimum Gasteiger partial charge on any atom is -0.371 e. The van der Waals surface area contributed by atoms with Gasteiger partial charge in [-0.2, -0.15) is 4.31 Å². The highest BCUT2D eigenvalue weighted by molar-refractivity contribution is 7.89. The molecular formula is C18H31ClN4O3S. The first-order valence-corrected chi connectivity index (χ1v) is 10.8. The Balaban J connectivity index is 0.00000364. The summed E-state index contributed by atoms with van der Waals surface area (Å²) in [6.07, 6.45) is 2.84. The van der Waals surface area contributed by atoms with Crippen molar-refractivity contribution in [2.45, 2.75) is 38.0 Å². The number of halogens is 1. The van der Waals surface area contributed by atoms with Crippen molar-refractivity contribution in [1.29, 1.82) is 0 Å². The lowest BCUT2D eigenvalue weighted by Gasteiger charge is -2.23. The summed E-state index contributed by atoms with van der Waals surface area (Å²) in [6, 6.07) is 4.89. The lowest BCUT2D eigenvalue weighted by atomic mass is 10.1. The summed E-state index contributed by atoms with van der Waals surface area (Å²) in [5, 5.41) is 2.85. The van der Waals surface area contributed by atoms with Crippen LogP contribution >= 0.6 is 12.4 Å². The molecule has 1 aliphatic rings. The number of sulfonamides is 1. The van der Waals surface area contributed by atoms with Gasteiger partial charge in [-0.3, -0.25) is 4.79 Å². The molecule has 27 heavy (non-hydrogen) atoms. The summed E-state index contributed by atoms with van der Waals surface area (Å²) in [5.41, 5.74) is 6.70. The first kappa shape index (κ1) is 23.7. The Bertz CT molecular complexity index is 717. The molecule has 9 heteroatoms. The van der Waals surface area contributed by atoms with Gasteiger partial charge in [0.25, 0.3) is 5.91 Å². The van der Waals surface area contributed by atoms with Crippen LogP contribution in [0, 0.1) is 0 Å². The Labute approximate surface area is 168 Å². The first-order chi connectivity index (χ1) is 12.5. The Morgan fingerprint density at radius 1 is 1.22 bits per heavy atom. The molecule has 0 saturated carbocycles. The van der Waals surface area contributed by atoms with Crippen LogP contribution in [0.4, 0.5) is 5.69 Å². The van der Waals surface area contributed by atoms with Gasteiger partial charge in [-0.25, -0.2) is 8.42 Å². The van der Waals surface area contributed by atoms with E-state index in [1.807, 2.05) is 0 Å². The number of rotatable bonds is 9. The molecular weight excluding hydrogens is 388 g/mol. The zero-order valence-electron chi connectivity index (χ0n) is 16.1. The fourth-order valence-corrected chi connectivity index (χ4v) is 4.69. The Kier molecular flexibility index (Phi) is 9.52. The molecule has 1 amide bonds. The maximum Gasteiger partial charge on any atom is 0.253 e. The van der Waals surface area contributed by atoms with Crippen molar-refractivity contribution in [1.82, 2.24) is 9.62 Å². The molecule has 1 aliphatic heterocycles. The predicted octanol–water partition coefficient (Wildman–Crippen LogP) is 1.82. The van der Waals surface area contributed by atoms with Crippen LogP contribution in [0.2, 0.25) is 0 Å². The van der Waals surface area contributed by atoms with E-state index < -0.39 is 10.0 Å². The summed E-state index contributed by atoms with van der Waals surface area (Å²) in [4.78, 5) is 15.0. The molecule has 0 atom stereocenters. The van der Waals surface area contributed by atoms with Crippen LogP contribution in [0.1, 0.15) is 43.5 Å². The minimum atomic E-state index is -3.61. The number of nitrogens with zero attached hydrogens (tertiary/aromatic N) is 2. The lowest BCUT2D eigenvalue weighted by Crippen LogP contribution is -2.32. The SMILES string of the molecule is CCN(CC)S(=O)(=O)c1ccc(N2CCCC2)c(C(=O)NCCCN)c1.Cl. The van der Waals surface area contributed by atoms with Crippen LogP contribution in [0.15, 0.2) is 23.1 Å². The van der Waals surface area contributed by atoms with E-state index >= 15 is 0 Å². The van der Waals surface area contributed by atoms with Gasteiger partial charge in [0.2, 0.25) is 10.0 Å². The molecule has 0 bridgehead atoms. The van der Waals surface area contributed by atoms with Crippen molar-refractivity contribution >= 4 is 34.0 Å². The quantitative estimate of drug-likeness (QED) is 0.596. The average molecular weight is 419 g/mol. The van der Waals surface area contributed by atoms with Crippen LogP contribution < -0.4 is 16.0 Å². The monoisotopic (exact) mass is 418 g/mol. The van der Waals surface area contributed by atoms with Crippen LogP contribution in [-0.2, 0) is 10.0 Å². The van der Waals surface area contributed by atoms with Gasteiger partial charge in [-0.05, 0) is 44.0 Å². The van der Waals surface area contributed by atoms with Gasteiger partial charge in [0.05, 0.1) is 10.5 Å². The first-order valence-electron chi connectivity index (χ1n) is 9.33. The van der Waals surface area contributed by atoms with E-state index in [0.717, 1.165) is 31.6 Å². The van der Waals surface area contributed by atoms with Crippen molar-refractivity contribution in [3.63, 3.8) is 0 Å². The van der Waals surface area contributed by atoms with E-state index in [4.69, 9.17) is 5.73 Å². The second kappa shape index (κ2) is 10.8. The second-order valence-corrected chi connectivity index (χ2v) is 8.30. The summed E-state index contributed by atoms with van der Waals surface area (Å²) < 4.78 is 27.0. The van der Waals surface area contributed by atoms with Crippen LogP contribution in [0.3, 0.4) is 0 Å². The summed E-state index contributed by atoms with van der Waals surface area (Å²) >= 11 is 0. The van der Waals surface area contributed by atoms with Gasteiger partial charge in [-0.15, -0.1) is 12.4 Å². The third kappa shape index (κ3) is 5.57. The lowest BCUT2D eigenvalue weighted by molar-refractivity contribution is 0.0954. The van der Waals surface area contributed by atoms with E-state index in [1.165, 1.54) is 10.4 Å². The third-order valence-corrected chi connectivity index (χ3v) is 6.71. The maximum absolute atomic E-state index is 12.8. The molecule has 0 aliphatic carbocycles. The molecule has 1 aromatic rings. The number of anilines is 1. The number of carbonyl (C=O) groups is 1. The molecule has 7 nitrogen and oxygen atoms in total. The summed E-state index contributed by atoms with van der Waals surface area (Å²) in [6.45, 7) is 7.13. The van der Waals surface area contributed by atoms with Crippen LogP contribution in [-0.4, -0.2) is 57.9 Å². The zero-order chi connectivity index (χ0) is 19.2. The Hall–Kier alpha value is -1.35. The molecule has 0 spiro atoms. The topological polar surface area (TPSA) is 95.7 Å². The summed E-state index contributed by atoms with van der Waals surface area (Å²) in [7, 11) is -3.61. The number of hydrogen-bond donors (Lipinski definition) is 2. The number of hydrogen-bond acceptors (Lipinski definition) is 5. The highest BCUT2D eigenvalue weighted by Crippen LogP contribution is 2.28. The highest BCUT2D eigenvalue weighted by Gasteiger charge is 2.26. The van der Waals surface area contributed by atoms with Crippen molar-refractivity contribution in [2.24, 2.45) is 5.73 Å². The number of benzene rings is 1. The van der Waals surface area contributed by atoms with E-state index in [1.54, 1.807) is 26.0 Å². The molecule has 1 heterocycles. The van der Waals surface area contributed by atoms with Gasteiger partial charge in [0, 0.05) is 38.4 Å². The van der Waals surface area contributed by atoms with Crippen molar-refractivity contribution in [3.05, 3.63) is 23.8 Å². The molecule has 1 fully saturated rings. The van der Waals surface area contributed by atoms with Crippen molar-refractivity contribution < 1.29 is 13.2 Å². The van der Waals surface area contributed by atoms with Gasteiger partial charge in [0.1, 0.15) is 0 Å². The summed E-state index contributed by atoms with van der Waals surface area (Å²) in [5.74, 6) is -0.253. The van der Waals surface area contributed by atoms with Crippen LogP contribution in [0.5, 0.6) is 0 Å². The molecule has 2 rings (SSSR count). The van der Waals surface area contributed by atoms with Gasteiger partial charge >= 0.3 is 0 Å². The van der Waals surface area contributed by atoms with Crippen molar-refractivity contribution in [2.75, 3.05) is 44.2 Å². The normalized spacial score (nSPS) is 14.3. The molecule has 0 aromatic heterocycles. The predicted molar refractivity (Wildman–Crippen MR) is 111 cm³/mol. The van der Waals surface area contributed by atoms with Gasteiger partial charge < -0.3 is 16.0 Å². The van der Waals surface area contributed by atoms with Gasteiger partial charge in [0.15, 0.2) is 0 Å². The average Bonchev–Trinajstić information content (AvgIpc) is 3.16. The molecule has 3 N–H and O–H groups in total. The second-order valence-electron chi connectivity index (χ2n) is 6.36. The van der Waals surface area contributed by atoms with E-state index in [2.05, 4.69) is 10.2 Å². The molecule has 0 unspecified atom stereocenters. The Morgan fingerprint density at radius 3 is 2.41 bits per heavy atom. The fourth-order valence-electron chi connectivity index (χ4n) is 3.20. The van der Waals surface area contributed by atoms with E-state index in [9.17, 15) is 13.2 Å². The third-order valence-electron chi connectivity index (χ3n) is 4.67. The minimum absolute atomic E-state index is 0. The standard InChI is InChI=1S/C18H30N4O3S.ClH/c1-3-22(4-2)26(24,25)15-8-9-17(21-12-5-6-13-21)16(14-15)18(23)20-11-7-10-19;/h8-9,14H,3-7,10-13,19H2,1-2H3,(H,20,23);1H. The number of nitrogens with two attached hydrogens (primary N) is 1. The molecule has 0 radical (unpaired) electrons. The smallest absolute Gasteiger partial charge is 0.253 e. The molecule has 1 saturated heterocycles. The molecule has 1 aromatic carbocycles. The Morgan fingerprint density at radius 2 is 1.85 bits per heavy atom. The van der Waals surface area contributed by atoms with Crippen molar-refractivity contribution in [3.8, 4) is 0 Å². The highest BCUT2D eigenvalue weighted by atomic mass is 35.5. The van der Waals surface area contributed by atoms with E-state index in [-0.39, 0.29) is 23.2 Å².